The molecule has 0 atom stereocenters. The maximum absolute atomic E-state index is 12.6. The third-order valence-electron chi connectivity index (χ3n) is 5.76. The fraction of sp³-hybridized carbons (Fsp3) is 0.650. The van der Waals surface area contributed by atoms with Gasteiger partial charge in [0.05, 0.1) is 19.9 Å². The Kier molecular flexibility index (Phi) is 7.50. The summed E-state index contributed by atoms with van der Waals surface area (Å²) in [6.07, 6.45) is 2.23. The number of benzene rings is 1. The highest BCUT2D eigenvalue weighted by Crippen LogP contribution is 2.13. The van der Waals surface area contributed by atoms with Crippen LogP contribution in [0.1, 0.15) is 5.56 Å². The second-order valence-corrected chi connectivity index (χ2v) is 9.74. The summed E-state index contributed by atoms with van der Waals surface area (Å²) in [6, 6.07) is 8.21. The Hall–Kier alpha value is -1.68. The summed E-state index contributed by atoms with van der Waals surface area (Å²) in [5, 5.41) is 0. The Bertz CT molecular complexity index is 768. The number of amides is 1. The average Bonchev–Trinajstić information content (AvgIpc) is 2.73. The molecule has 0 aliphatic carbocycles. The molecule has 0 N–H and O–H groups in total. The van der Waals surface area contributed by atoms with Gasteiger partial charge in [-0.25, -0.2) is 8.42 Å². The van der Waals surface area contributed by atoms with E-state index in [0.29, 0.717) is 32.7 Å². The number of hydrogen-bond donors (Lipinski definition) is 0. The van der Waals surface area contributed by atoms with E-state index in [-0.39, 0.29) is 5.91 Å². The first-order valence-electron chi connectivity index (χ1n) is 10.2. The largest absolute Gasteiger partial charge is 0.497 e. The first-order chi connectivity index (χ1) is 13.8. The Balaban J connectivity index is 1.35. The van der Waals surface area contributed by atoms with Crippen molar-refractivity contribution in [1.82, 2.24) is 19.0 Å². The van der Waals surface area contributed by atoms with Crippen molar-refractivity contribution >= 4 is 15.9 Å². The highest BCUT2D eigenvalue weighted by molar-refractivity contribution is 7.88. The lowest BCUT2D eigenvalue weighted by molar-refractivity contribution is -0.134. The van der Waals surface area contributed by atoms with Gasteiger partial charge in [0.15, 0.2) is 0 Å². The predicted octanol–water partition coefficient (Wildman–Crippen LogP) is -0.0409. The summed E-state index contributed by atoms with van der Waals surface area (Å²) in [6.45, 7) is 6.88. The van der Waals surface area contributed by atoms with E-state index in [1.807, 2.05) is 12.1 Å². The molecule has 0 bridgehead atoms. The third kappa shape index (κ3) is 6.40. The van der Waals surface area contributed by atoms with Crippen LogP contribution in [0.25, 0.3) is 0 Å². The van der Waals surface area contributed by atoms with E-state index >= 15 is 0 Å². The third-order valence-corrected chi connectivity index (χ3v) is 7.06. The summed E-state index contributed by atoms with van der Waals surface area (Å²) in [5.74, 6) is 0.981. The van der Waals surface area contributed by atoms with Crippen molar-refractivity contribution in [3.8, 4) is 5.75 Å². The predicted molar refractivity (Wildman–Crippen MR) is 113 cm³/mol. The zero-order valence-corrected chi connectivity index (χ0v) is 18.2. The van der Waals surface area contributed by atoms with Crippen molar-refractivity contribution in [2.45, 2.75) is 6.42 Å². The molecule has 2 saturated heterocycles. The summed E-state index contributed by atoms with van der Waals surface area (Å²) in [5.41, 5.74) is 1.30. The molecule has 29 heavy (non-hydrogen) atoms. The van der Waals surface area contributed by atoms with Crippen molar-refractivity contribution in [2.75, 3.05) is 78.8 Å². The van der Waals surface area contributed by atoms with E-state index in [9.17, 15) is 13.2 Å². The number of methoxy groups -OCH3 is 1. The first kappa shape index (κ1) is 22.0. The van der Waals surface area contributed by atoms with E-state index in [0.717, 1.165) is 44.9 Å². The van der Waals surface area contributed by atoms with E-state index in [1.54, 1.807) is 12.0 Å². The lowest BCUT2D eigenvalue weighted by Crippen LogP contribution is -2.54. The first-order valence-corrected chi connectivity index (χ1v) is 12.0. The average molecular weight is 425 g/mol. The molecular weight excluding hydrogens is 392 g/mol. The Morgan fingerprint density at radius 3 is 2.07 bits per heavy atom. The van der Waals surface area contributed by atoms with Gasteiger partial charge in [-0.2, -0.15) is 4.31 Å². The van der Waals surface area contributed by atoms with Gasteiger partial charge in [-0.05, 0) is 24.1 Å². The Labute approximate surface area is 174 Å². The highest BCUT2D eigenvalue weighted by atomic mass is 32.2. The van der Waals surface area contributed by atoms with Crippen LogP contribution in [0, 0.1) is 0 Å². The number of piperazine rings is 2. The van der Waals surface area contributed by atoms with Crippen molar-refractivity contribution in [3.05, 3.63) is 29.8 Å². The summed E-state index contributed by atoms with van der Waals surface area (Å²) >= 11 is 0. The second kappa shape index (κ2) is 9.88. The topological polar surface area (TPSA) is 73.4 Å². The van der Waals surface area contributed by atoms with Crippen molar-refractivity contribution < 1.29 is 17.9 Å². The molecular formula is C20H32N4O4S. The molecule has 3 rings (SSSR count). The number of carbonyl (C=O) groups is 1. The summed E-state index contributed by atoms with van der Waals surface area (Å²) in [4.78, 5) is 19.0. The number of nitrogens with zero attached hydrogens (tertiary/aromatic N) is 4. The van der Waals surface area contributed by atoms with Crippen molar-refractivity contribution in [2.24, 2.45) is 0 Å². The molecule has 2 heterocycles. The minimum Gasteiger partial charge on any atom is -0.497 e. The van der Waals surface area contributed by atoms with E-state index in [1.165, 1.54) is 16.1 Å². The number of carbonyl (C=O) groups excluding carboxylic acids is 1. The standard InChI is InChI=1S/C20H32N4O4S/c1-28-19-5-3-18(4-6-19)7-8-21-9-11-22(12-10-21)17-20(25)23-13-15-24(16-14-23)29(2,26)27/h3-6H,7-17H2,1-2H3. The fourth-order valence-electron chi connectivity index (χ4n) is 3.81. The minimum absolute atomic E-state index is 0.102. The normalized spacial score (nSPS) is 20.0. The SMILES string of the molecule is COc1ccc(CCN2CCN(CC(=O)N3CCN(S(C)(=O)=O)CC3)CC2)cc1. The number of sulfonamides is 1. The molecule has 0 spiro atoms. The van der Waals surface area contributed by atoms with E-state index in [4.69, 9.17) is 4.74 Å². The summed E-state index contributed by atoms with van der Waals surface area (Å²) in [7, 11) is -1.49. The molecule has 2 fully saturated rings. The van der Waals surface area contributed by atoms with Crippen LogP contribution in [0.2, 0.25) is 0 Å². The Morgan fingerprint density at radius 1 is 0.931 bits per heavy atom. The molecule has 2 aliphatic heterocycles. The smallest absolute Gasteiger partial charge is 0.236 e. The fourth-order valence-corrected chi connectivity index (χ4v) is 4.64. The van der Waals surface area contributed by atoms with Crippen LogP contribution >= 0.6 is 0 Å². The second-order valence-electron chi connectivity index (χ2n) is 7.76. The monoisotopic (exact) mass is 424 g/mol. The number of hydrogen-bond acceptors (Lipinski definition) is 6. The molecule has 1 aromatic carbocycles. The highest BCUT2D eigenvalue weighted by Gasteiger charge is 2.27. The van der Waals surface area contributed by atoms with Gasteiger partial charge in [0, 0.05) is 58.9 Å². The van der Waals surface area contributed by atoms with Crippen molar-refractivity contribution in [3.63, 3.8) is 0 Å². The van der Waals surface area contributed by atoms with E-state index in [2.05, 4.69) is 21.9 Å². The molecule has 8 nitrogen and oxygen atoms in total. The molecule has 0 saturated carbocycles. The van der Waals surface area contributed by atoms with Gasteiger partial charge in [0.25, 0.3) is 0 Å². The Morgan fingerprint density at radius 2 is 1.52 bits per heavy atom. The maximum Gasteiger partial charge on any atom is 0.236 e. The van der Waals surface area contributed by atoms with Gasteiger partial charge < -0.3 is 14.5 Å². The summed E-state index contributed by atoms with van der Waals surface area (Å²) < 4.78 is 29.8. The van der Waals surface area contributed by atoms with Crippen LogP contribution in [-0.4, -0.2) is 112 Å². The quantitative estimate of drug-likeness (QED) is 0.612. The minimum atomic E-state index is -3.16. The number of rotatable bonds is 7. The molecule has 9 heteroatoms. The lowest BCUT2D eigenvalue weighted by atomic mass is 10.1. The van der Waals surface area contributed by atoms with Crippen LogP contribution in [0.5, 0.6) is 5.75 Å². The molecule has 1 aromatic rings. The zero-order chi connectivity index (χ0) is 20.9. The molecule has 2 aliphatic rings. The zero-order valence-electron chi connectivity index (χ0n) is 17.4. The maximum atomic E-state index is 12.6. The molecule has 1 amide bonds. The molecule has 0 radical (unpaired) electrons. The van der Waals surface area contributed by atoms with Crippen LogP contribution < -0.4 is 4.74 Å². The van der Waals surface area contributed by atoms with Gasteiger partial charge in [0.2, 0.25) is 15.9 Å². The van der Waals surface area contributed by atoms with Crippen molar-refractivity contribution in [1.29, 1.82) is 0 Å². The molecule has 162 valence electrons. The van der Waals surface area contributed by atoms with Crippen LogP contribution in [-0.2, 0) is 21.2 Å². The van der Waals surface area contributed by atoms with Gasteiger partial charge >= 0.3 is 0 Å². The van der Waals surface area contributed by atoms with Gasteiger partial charge in [0.1, 0.15) is 5.75 Å². The molecule has 0 aromatic heterocycles. The number of ether oxygens (including phenoxy) is 1. The van der Waals surface area contributed by atoms with E-state index < -0.39 is 10.0 Å². The van der Waals surface area contributed by atoms with Crippen LogP contribution in [0.4, 0.5) is 0 Å². The van der Waals surface area contributed by atoms with Gasteiger partial charge in [-0.1, -0.05) is 12.1 Å². The molecule has 0 unspecified atom stereocenters. The van der Waals surface area contributed by atoms with Gasteiger partial charge in [-0.3, -0.25) is 9.69 Å². The van der Waals surface area contributed by atoms with Crippen LogP contribution in [0.15, 0.2) is 24.3 Å². The van der Waals surface area contributed by atoms with Gasteiger partial charge in [-0.15, -0.1) is 0 Å². The van der Waals surface area contributed by atoms with Crippen LogP contribution in [0.3, 0.4) is 0 Å². The lowest BCUT2D eigenvalue weighted by Gasteiger charge is -2.37.